The molecule has 0 saturated heterocycles. The Kier molecular flexibility index (Phi) is 6.46. The maximum Gasteiger partial charge on any atom is 0.491 e. The van der Waals surface area contributed by atoms with Gasteiger partial charge in [0.15, 0.2) is 10.7 Å². The number of hydrogen-bond acceptors (Lipinski definition) is 8. The third-order valence-corrected chi connectivity index (χ3v) is 6.60. The number of hydrogen-bond donors (Lipinski definition) is 1. The molecular formula is C20H19F3N6O5S. The van der Waals surface area contributed by atoms with Crippen LogP contribution in [0, 0.1) is 0 Å². The standard InChI is InChI=1S/C20H19F3N6O5S/c1-28-10-15(25-11-28)35(32,33)26-6-2-8-29-17(18(30)34-19(31)20(21,22)23)14-4-3-12-9-24-7-5-13(12)16(14)27-29/h5,7,9-11,26H,2-4,6,8H2,1H3. The predicted molar refractivity (Wildman–Crippen MR) is 112 cm³/mol. The summed E-state index contributed by atoms with van der Waals surface area (Å²) in [6.45, 7) is -0.108. The molecule has 3 heterocycles. The molecule has 0 bridgehead atoms. The zero-order chi connectivity index (χ0) is 25.4. The van der Waals surface area contributed by atoms with E-state index < -0.39 is 28.1 Å². The van der Waals surface area contributed by atoms with Gasteiger partial charge in [0.2, 0.25) is 0 Å². The monoisotopic (exact) mass is 512 g/mol. The van der Waals surface area contributed by atoms with Crippen LogP contribution < -0.4 is 4.72 Å². The lowest BCUT2D eigenvalue weighted by Gasteiger charge is -2.15. The number of halogens is 3. The quantitative estimate of drug-likeness (QED) is 0.285. The van der Waals surface area contributed by atoms with Crippen molar-refractivity contribution in [3.63, 3.8) is 0 Å². The van der Waals surface area contributed by atoms with E-state index in [1.54, 1.807) is 19.3 Å². The Balaban J connectivity index is 1.57. The Morgan fingerprint density at radius 3 is 2.71 bits per heavy atom. The van der Waals surface area contributed by atoms with Crippen LogP contribution in [0.25, 0.3) is 11.3 Å². The van der Waals surface area contributed by atoms with Crippen LogP contribution in [0.1, 0.15) is 28.0 Å². The number of fused-ring (bicyclic) bond motifs is 3. The van der Waals surface area contributed by atoms with Gasteiger partial charge in [0, 0.05) is 49.9 Å². The number of aryl methyl sites for hydroxylation is 3. The molecule has 15 heteroatoms. The fourth-order valence-electron chi connectivity index (χ4n) is 3.69. The molecule has 0 spiro atoms. The summed E-state index contributed by atoms with van der Waals surface area (Å²) in [5, 5.41) is 4.21. The molecule has 11 nitrogen and oxygen atoms in total. The summed E-state index contributed by atoms with van der Waals surface area (Å²) in [4.78, 5) is 31.7. The summed E-state index contributed by atoms with van der Waals surface area (Å²) in [5.74, 6) is -4.11. The van der Waals surface area contributed by atoms with Gasteiger partial charge in [-0.25, -0.2) is 27.7 Å². The smallest absolute Gasteiger partial charge is 0.381 e. The second-order valence-electron chi connectivity index (χ2n) is 7.74. The highest BCUT2D eigenvalue weighted by Crippen LogP contribution is 2.34. The predicted octanol–water partition coefficient (Wildman–Crippen LogP) is 1.39. The molecule has 186 valence electrons. The molecule has 0 aromatic carbocycles. The Morgan fingerprint density at radius 2 is 2.03 bits per heavy atom. The van der Waals surface area contributed by atoms with Crippen molar-refractivity contribution < 1.29 is 35.9 Å². The van der Waals surface area contributed by atoms with Gasteiger partial charge in [-0.3, -0.25) is 9.67 Å². The molecule has 0 atom stereocenters. The van der Waals surface area contributed by atoms with E-state index in [2.05, 4.69) is 24.5 Å². The highest BCUT2D eigenvalue weighted by Gasteiger charge is 2.43. The highest BCUT2D eigenvalue weighted by atomic mass is 32.2. The van der Waals surface area contributed by atoms with E-state index in [0.29, 0.717) is 23.2 Å². The van der Waals surface area contributed by atoms with Gasteiger partial charge in [0.1, 0.15) is 0 Å². The molecule has 0 amide bonds. The number of esters is 2. The zero-order valence-electron chi connectivity index (χ0n) is 18.2. The van der Waals surface area contributed by atoms with Crippen LogP contribution in [-0.4, -0.2) is 57.4 Å². The summed E-state index contributed by atoms with van der Waals surface area (Å²) in [6.07, 6.45) is 1.31. The van der Waals surface area contributed by atoms with Crippen molar-refractivity contribution in [2.45, 2.75) is 37.0 Å². The van der Waals surface area contributed by atoms with Crippen molar-refractivity contribution in [3.05, 3.63) is 47.8 Å². The van der Waals surface area contributed by atoms with Gasteiger partial charge in [-0.15, -0.1) is 0 Å². The molecule has 4 rings (SSSR count). The first kappa shape index (κ1) is 24.5. The minimum atomic E-state index is -5.34. The van der Waals surface area contributed by atoms with Gasteiger partial charge in [0.05, 0.1) is 12.0 Å². The molecule has 0 saturated carbocycles. The minimum absolute atomic E-state index is 0.0389. The van der Waals surface area contributed by atoms with Crippen molar-refractivity contribution in [2.75, 3.05) is 6.54 Å². The first-order chi connectivity index (χ1) is 16.5. The summed E-state index contributed by atoms with van der Waals surface area (Å²) in [6, 6.07) is 1.67. The average molecular weight is 512 g/mol. The Labute approximate surface area is 197 Å². The molecular weight excluding hydrogens is 493 g/mol. The van der Waals surface area contributed by atoms with Crippen LogP contribution in [0.3, 0.4) is 0 Å². The zero-order valence-corrected chi connectivity index (χ0v) is 19.1. The molecule has 1 aliphatic carbocycles. The SMILES string of the molecule is Cn1cnc(S(=O)(=O)NCCCn2nc3c(c2C(=O)OC(=O)C(F)(F)F)CCc2cnccc2-3)c1. The number of pyridine rings is 1. The summed E-state index contributed by atoms with van der Waals surface area (Å²) < 4.78 is 71.7. The van der Waals surface area contributed by atoms with Crippen molar-refractivity contribution in [2.24, 2.45) is 7.05 Å². The molecule has 35 heavy (non-hydrogen) atoms. The first-order valence-electron chi connectivity index (χ1n) is 10.3. The second-order valence-corrected chi connectivity index (χ2v) is 9.45. The van der Waals surface area contributed by atoms with E-state index in [1.165, 1.54) is 23.3 Å². The summed E-state index contributed by atoms with van der Waals surface area (Å²) in [5.41, 5.74) is 1.94. The molecule has 1 aliphatic rings. The summed E-state index contributed by atoms with van der Waals surface area (Å²) >= 11 is 0. The number of carbonyl (C=O) groups excluding carboxylic acids is 2. The fourth-order valence-corrected chi connectivity index (χ4v) is 4.74. The number of imidazole rings is 1. The second kappa shape index (κ2) is 9.22. The highest BCUT2D eigenvalue weighted by molar-refractivity contribution is 7.89. The number of rotatable bonds is 7. The number of sulfonamides is 1. The van der Waals surface area contributed by atoms with Gasteiger partial charge in [-0.05, 0) is 30.9 Å². The fraction of sp³-hybridized carbons (Fsp3) is 0.350. The number of alkyl halides is 3. The maximum absolute atomic E-state index is 12.7. The lowest BCUT2D eigenvalue weighted by Crippen LogP contribution is -2.30. The van der Waals surface area contributed by atoms with Gasteiger partial charge >= 0.3 is 18.1 Å². The molecule has 0 radical (unpaired) electrons. The molecule has 0 aliphatic heterocycles. The molecule has 0 fully saturated rings. The number of nitrogens with one attached hydrogen (secondary N) is 1. The molecule has 3 aromatic heterocycles. The van der Waals surface area contributed by atoms with E-state index in [9.17, 15) is 31.2 Å². The van der Waals surface area contributed by atoms with E-state index in [4.69, 9.17) is 0 Å². The van der Waals surface area contributed by atoms with Crippen LogP contribution in [0.5, 0.6) is 0 Å². The largest absolute Gasteiger partial charge is 0.491 e. The van der Waals surface area contributed by atoms with Crippen LogP contribution in [0.2, 0.25) is 0 Å². The number of nitrogens with zero attached hydrogens (tertiary/aromatic N) is 5. The van der Waals surface area contributed by atoms with Gasteiger partial charge in [-0.2, -0.15) is 18.3 Å². The third kappa shape index (κ3) is 5.09. The third-order valence-electron chi connectivity index (χ3n) is 5.26. The van der Waals surface area contributed by atoms with Crippen LogP contribution >= 0.6 is 0 Å². The van der Waals surface area contributed by atoms with E-state index in [1.807, 2.05) is 0 Å². The van der Waals surface area contributed by atoms with Crippen molar-refractivity contribution in [1.29, 1.82) is 0 Å². The maximum atomic E-state index is 12.7. The molecule has 1 N–H and O–H groups in total. The molecule has 0 unspecified atom stereocenters. The topological polar surface area (TPSA) is 138 Å². The van der Waals surface area contributed by atoms with Gasteiger partial charge < -0.3 is 9.30 Å². The number of ether oxygens (including phenoxy) is 1. The van der Waals surface area contributed by atoms with E-state index >= 15 is 0 Å². The van der Waals surface area contributed by atoms with E-state index in [0.717, 1.165) is 10.2 Å². The van der Waals surface area contributed by atoms with Crippen molar-refractivity contribution in [3.8, 4) is 11.3 Å². The van der Waals surface area contributed by atoms with Crippen molar-refractivity contribution in [1.82, 2.24) is 29.0 Å². The van der Waals surface area contributed by atoms with Gasteiger partial charge in [0.25, 0.3) is 10.0 Å². The average Bonchev–Trinajstić information content (AvgIpc) is 3.40. The summed E-state index contributed by atoms with van der Waals surface area (Å²) in [7, 11) is -2.26. The van der Waals surface area contributed by atoms with Crippen LogP contribution in [-0.2, 0) is 46.0 Å². The van der Waals surface area contributed by atoms with Crippen LogP contribution in [0.15, 0.2) is 36.0 Å². The molecule has 3 aromatic rings. The van der Waals surface area contributed by atoms with E-state index in [-0.39, 0.29) is 36.7 Å². The Hall–Kier alpha value is -3.59. The Bertz CT molecular complexity index is 1400. The van der Waals surface area contributed by atoms with Crippen molar-refractivity contribution >= 4 is 22.0 Å². The minimum Gasteiger partial charge on any atom is -0.381 e. The first-order valence-corrected chi connectivity index (χ1v) is 11.8. The lowest BCUT2D eigenvalue weighted by molar-refractivity contribution is -0.193. The Morgan fingerprint density at radius 1 is 1.26 bits per heavy atom. The van der Waals surface area contributed by atoms with Crippen LogP contribution in [0.4, 0.5) is 13.2 Å². The normalized spacial score (nSPS) is 13.3. The van der Waals surface area contributed by atoms with Gasteiger partial charge in [-0.1, -0.05) is 0 Å². The lowest BCUT2D eigenvalue weighted by atomic mass is 9.90. The number of aromatic nitrogens is 5. The number of carbonyl (C=O) groups is 2.